The summed E-state index contributed by atoms with van der Waals surface area (Å²) in [6, 6.07) is 62.6. The van der Waals surface area contributed by atoms with Crippen LogP contribution in [0.25, 0.3) is 32.1 Å². The van der Waals surface area contributed by atoms with E-state index in [1.54, 1.807) is 0 Å². The Kier molecular flexibility index (Phi) is 5.65. The van der Waals surface area contributed by atoms with Crippen LogP contribution >= 0.6 is 10.0 Å². The fourth-order valence-corrected chi connectivity index (χ4v) is 11.6. The third-order valence-electron chi connectivity index (χ3n) is 8.24. The largest absolute Gasteiger partial charge is 0.129 e. The Morgan fingerprint density at radius 3 is 0.927 bits per heavy atom. The van der Waals surface area contributed by atoms with Gasteiger partial charge in [0, 0.05) is 30.7 Å². The van der Waals surface area contributed by atoms with Gasteiger partial charge >= 0.3 is 0 Å². The molecule has 1 heteroatoms. The number of rotatable bonds is 4. The van der Waals surface area contributed by atoms with E-state index < -0.39 is 10.0 Å². The topological polar surface area (TPSA) is 0 Å². The predicted octanol–water partition coefficient (Wildman–Crippen LogP) is 11.0. The molecule has 0 amide bonds. The Hall–Kier alpha value is -4.85. The minimum atomic E-state index is -1.87. The van der Waals surface area contributed by atoms with Gasteiger partial charge in [-0.3, -0.25) is 0 Å². The molecular weight excluding hydrogens is 513 g/mol. The lowest BCUT2D eigenvalue weighted by molar-refractivity contribution is 1.45. The Balaban J connectivity index is 1.66. The summed E-state index contributed by atoms with van der Waals surface area (Å²) in [6.07, 6.45) is 0. The quantitative estimate of drug-likeness (QED) is 0.209. The molecule has 0 atom stereocenters. The normalized spacial score (nSPS) is 15.6. The van der Waals surface area contributed by atoms with Crippen molar-refractivity contribution >= 4 is 31.0 Å². The highest BCUT2D eigenvalue weighted by molar-refractivity contribution is 8.48. The molecule has 6 aromatic carbocycles. The van der Waals surface area contributed by atoms with Gasteiger partial charge in [-0.05, 0) is 45.5 Å². The molecule has 8 rings (SSSR count). The summed E-state index contributed by atoms with van der Waals surface area (Å²) in [4.78, 5) is 5.72. The maximum absolute atomic E-state index is 2.40. The zero-order valence-electron chi connectivity index (χ0n) is 22.6. The van der Waals surface area contributed by atoms with E-state index in [0.717, 1.165) is 0 Å². The van der Waals surface area contributed by atoms with E-state index in [4.69, 9.17) is 0 Å². The van der Waals surface area contributed by atoms with Crippen molar-refractivity contribution in [2.45, 2.75) is 9.79 Å². The lowest BCUT2D eigenvalue weighted by Gasteiger charge is -2.40. The second-order valence-electron chi connectivity index (χ2n) is 10.5. The van der Waals surface area contributed by atoms with E-state index in [-0.39, 0.29) is 0 Å². The maximum atomic E-state index is 2.40. The summed E-state index contributed by atoms with van der Waals surface area (Å²) < 4.78 is 0. The lowest BCUT2D eigenvalue weighted by atomic mass is 9.89. The van der Waals surface area contributed by atoms with Gasteiger partial charge in [0.1, 0.15) is 0 Å². The van der Waals surface area contributed by atoms with Crippen molar-refractivity contribution in [1.29, 1.82) is 0 Å². The molecule has 0 radical (unpaired) electrons. The average molecular weight is 541 g/mol. The first kappa shape index (κ1) is 24.0. The first-order valence-electron chi connectivity index (χ1n) is 14.1. The zero-order valence-corrected chi connectivity index (χ0v) is 23.4. The van der Waals surface area contributed by atoms with Gasteiger partial charge in [-0.1, -0.05) is 158 Å². The van der Waals surface area contributed by atoms with Crippen LogP contribution in [-0.2, 0) is 0 Å². The predicted molar refractivity (Wildman–Crippen MR) is 175 cm³/mol. The number of benzene rings is 6. The van der Waals surface area contributed by atoms with Gasteiger partial charge in [-0.2, -0.15) is 0 Å². The van der Waals surface area contributed by atoms with Crippen molar-refractivity contribution in [1.82, 2.24) is 0 Å². The Morgan fingerprint density at radius 2 is 0.561 bits per heavy atom. The first-order valence-corrected chi connectivity index (χ1v) is 15.7. The van der Waals surface area contributed by atoms with E-state index >= 15 is 0 Å². The van der Waals surface area contributed by atoms with Gasteiger partial charge < -0.3 is 0 Å². The van der Waals surface area contributed by atoms with Crippen LogP contribution in [0.4, 0.5) is 0 Å². The maximum Gasteiger partial charge on any atom is 0.0181 e. The smallest absolute Gasteiger partial charge is 0.0181 e. The number of fused-ring (bicyclic) bond motifs is 5. The van der Waals surface area contributed by atoms with Gasteiger partial charge in [0.25, 0.3) is 0 Å². The molecule has 0 bridgehead atoms. The third-order valence-corrected chi connectivity index (χ3v) is 12.4. The van der Waals surface area contributed by atoms with Crippen LogP contribution < -0.4 is 0 Å². The van der Waals surface area contributed by atoms with E-state index in [0.29, 0.717) is 0 Å². The Morgan fingerprint density at radius 1 is 0.268 bits per heavy atom. The van der Waals surface area contributed by atoms with Gasteiger partial charge in [-0.15, -0.1) is 10.0 Å². The molecule has 41 heavy (non-hydrogen) atoms. The van der Waals surface area contributed by atoms with Crippen LogP contribution in [0.5, 0.6) is 0 Å². The molecule has 194 valence electrons. The fraction of sp³-hybridized carbons (Fsp3) is 0. The molecule has 0 aliphatic carbocycles. The fourth-order valence-electron chi connectivity index (χ4n) is 6.69. The van der Waals surface area contributed by atoms with E-state index in [9.17, 15) is 0 Å². The molecule has 0 unspecified atom stereocenters. The molecule has 0 N–H and O–H groups in total. The highest BCUT2D eigenvalue weighted by Crippen LogP contribution is 2.88. The molecule has 2 aliphatic heterocycles. The number of allylic oxidation sites excluding steroid dienone is 2. The molecule has 1 spiro atoms. The highest BCUT2D eigenvalue weighted by atomic mass is 32.3. The summed E-state index contributed by atoms with van der Waals surface area (Å²) in [5.74, 6) is 0. The van der Waals surface area contributed by atoms with Gasteiger partial charge in [0.15, 0.2) is 0 Å². The molecule has 0 fully saturated rings. The number of hydrogen-bond donors (Lipinski definition) is 0. The van der Waals surface area contributed by atoms with Crippen molar-refractivity contribution < 1.29 is 0 Å². The zero-order chi connectivity index (χ0) is 27.2. The van der Waals surface area contributed by atoms with E-state index in [1.165, 1.54) is 64.1 Å². The summed E-state index contributed by atoms with van der Waals surface area (Å²) in [5, 5.41) is 0. The molecule has 2 aliphatic rings. The molecule has 0 aromatic heterocycles. The van der Waals surface area contributed by atoms with Crippen LogP contribution in [0.2, 0.25) is 0 Å². The van der Waals surface area contributed by atoms with Gasteiger partial charge in [0.2, 0.25) is 0 Å². The van der Waals surface area contributed by atoms with Crippen LogP contribution in [-0.4, -0.2) is 0 Å². The van der Waals surface area contributed by atoms with Crippen molar-refractivity contribution in [3.63, 3.8) is 0 Å². The molecule has 2 heterocycles. The molecule has 0 saturated carbocycles. The Labute approximate surface area is 243 Å². The first-order chi connectivity index (χ1) is 20.4. The van der Waals surface area contributed by atoms with Crippen LogP contribution in [0.15, 0.2) is 180 Å². The average Bonchev–Trinajstić information content (AvgIpc) is 3.54. The highest BCUT2D eigenvalue weighted by Gasteiger charge is 2.51. The van der Waals surface area contributed by atoms with E-state index in [1.807, 2.05) is 0 Å². The van der Waals surface area contributed by atoms with Crippen molar-refractivity contribution in [2.24, 2.45) is 0 Å². The van der Waals surface area contributed by atoms with Gasteiger partial charge in [0.05, 0.1) is 0 Å². The van der Waals surface area contributed by atoms with Crippen LogP contribution in [0.1, 0.15) is 22.3 Å². The SMILES string of the molecule is c1ccc(C2=C(c3ccccc3)S3(C(c4ccccc4)=C2c2ccccc2)c2ccccc2-c2ccccc23)cc1. The summed E-state index contributed by atoms with van der Waals surface area (Å²) >= 11 is 0. The molecule has 6 aromatic rings. The summed E-state index contributed by atoms with van der Waals surface area (Å²) in [6.45, 7) is 0. The summed E-state index contributed by atoms with van der Waals surface area (Å²) in [5.41, 5.74) is 10.4. The van der Waals surface area contributed by atoms with Crippen LogP contribution in [0.3, 0.4) is 0 Å². The van der Waals surface area contributed by atoms with E-state index in [2.05, 4.69) is 170 Å². The second kappa shape index (κ2) is 9.66. The third kappa shape index (κ3) is 3.49. The number of hydrogen-bond acceptors (Lipinski definition) is 0. The minimum Gasteiger partial charge on any atom is -0.129 e. The van der Waals surface area contributed by atoms with Crippen molar-refractivity contribution in [2.75, 3.05) is 0 Å². The standard InChI is InChI=1S/C40H28S/c1-5-17-29(18-6-1)37-38(30-19-7-2-8-20-30)40(32-23-11-4-12-24-32)41(39(37)31-21-9-3-10-22-31)35-27-15-13-25-33(35)34-26-14-16-28-36(34)41/h1-28H. The van der Waals surface area contributed by atoms with Crippen LogP contribution in [0, 0.1) is 0 Å². The van der Waals surface area contributed by atoms with Gasteiger partial charge in [-0.25, -0.2) is 0 Å². The molecule has 0 nitrogen and oxygen atoms in total. The lowest BCUT2D eigenvalue weighted by Crippen LogP contribution is -2.03. The second-order valence-corrected chi connectivity index (χ2v) is 13.4. The Bertz CT molecular complexity index is 1800. The molecular formula is C40H28S. The molecule has 0 saturated heterocycles. The van der Waals surface area contributed by atoms with Crippen molar-refractivity contribution in [3.8, 4) is 11.1 Å². The minimum absolute atomic E-state index is 1.25. The summed E-state index contributed by atoms with van der Waals surface area (Å²) in [7, 11) is -1.87. The monoisotopic (exact) mass is 540 g/mol. The van der Waals surface area contributed by atoms with Crippen molar-refractivity contribution in [3.05, 3.63) is 192 Å².